The number of azo groups is 1. The summed E-state index contributed by atoms with van der Waals surface area (Å²) in [6.45, 7) is 0. The van der Waals surface area contributed by atoms with Crippen LogP contribution < -0.4 is 15.0 Å². The van der Waals surface area contributed by atoms with Crippen molar-refractivity contribution in [2.45, 2.75) is 0 Å². The number of ether oxygens (including phenoxy) is 2. The number of benzene rings is 3. The first-order chi connectivity index (χ1) is 15.9. The summed E-state index contributed by atoms with van der Waals surface area (Å²) in [6.07, 6.45) is 0. The number of nitrogens with one attached hydrogen (secondary N) is 1. The molecule has 0 aromatic heterocycles. The van der Waals surface area contributed by atoms with E-state index in [0.29, 0.717) is 22.9 Å². The SMILES string of the molecule is COc1ccc(C(=O)N=Nc2ccc(NOC(=O)c3ccc([N+](=O)[O-])cc3)cc2)cc1OC. The summed E-state index contributed by atoms with van der Waals surface area (Å²) in [5.41, 5.74) is 3.61. The molecule has 0 saturated heterocycles. The van der Waals surface area contributed by atoms with Crippen molar-refractivity contribution < 1.29 is 28.8 Å². The smallest absolute Gasteiger partial charge is 0.362 e. The van der Waals surface area contributed by atoms with E-state index in [1.807, 2.05) is 0 Å². The standard InChI is InChI=1S/C22H18N4O7/c1-31-19-12-5-15(13-20(19)32-2)21(27)24-23-16-6-8-17(9-7-16)25-33-22(28)14-3-10-18(11-4-14)26(29)30/h3-13,25H,1-2H3. The Kier molecular flexibility index (Phi) is 7.27. The zero-order valence-electron chi connectivity index (χ0n) is 17.6. The summed E-state index contributed by atoms with van der Waals surface area (Å²) in [5, 5.41) is 18.3. The first-order valence-corrected chi connectivity index (χ1v) is 9.41. The van der Waals surface area contributed by atoms with Crippen LogP contribution in [0.1, 0.15) is 20.7 Å². The third-order valence-electron chi connectivity index (χ3n) is 4.33. The molecule has 0 aliphatic carbocycles. The van der Waals surface area contributed by atoms with Crippen molar-refractivity contribution in [3.63, 3.8) is 0 Å². The number of carbonyl (C=O) groups excluding carboxylic acids is 2. The lowest BCUT2D eigenvalue weighted by atomic mass is 10.2. The Hall–Kier alpha value is -4.80. The molecule has 0 spiro atoms. The second-order valence-corrected chi connectivity index (χ2v) is 6.42. The predicted octanol–water partition coefficient (Wildman–Crippen LogP) is 4.72. The highest BCUT2D eigenvalue weighted by Gasteiger charge is 2.12. The minimum absolute atomic E-state index is 0.131. The van der Waals surface area contributed by atoms with Crippen LogP contribution in [0.25, 0.3) is 0 Å². The zero-order valence-corrected chi connectivity index (χ0v) is 17.6. The van der Waals surface area contributed by atoms with Crippen molar-refractivity contribution in [1.29, 1.82) is 0 Å². The van der Waals surface area contributed by atoms with Gasteiger partial charge in [-0.05, 0) is 54.6 Å². The molecule has 11 nitrogen and oxygen atoms in total. The Bertz CT molecular complexity index is 1190. The minimum atomic E-state index is -0.714. The Morgan fingerprint density at radius 1 is 0.879 bits per heavy atom. The predicted molar refractivity (Wildman–Crippen MR) is 117 cm³/mol. The monoisotopic (exact) mass is 450 g/mol. The van der Waals surface area contributed by atoms with Crippen molar-refractivity contribution in [2.24, 2.45) is 10.2 Å². The Morgan fingerprint density at radius 3 is 2.12 bits per heavy atom. The number of methoxy groups -OCH3 is 2. The lowest BCUT2D eigenvalue weighted by Gasteiger charge is -2.07. The highest BCUT2D eigenvalue weighted by molar-refractivity contribution is 5.95. The third kappa shape index (κ3) is 5.88. The molecule has 33 heavy (non-hydrogen) atoms. The van der Waals surface area contributed by atoms with Crippen LogP contribution in [0.3, 0.4) is 0 Å². The summed E-state index contributed by atoms with van der Waals surface area (Å²) in [6, 6.07) is 15.9. The average molecular weight is 450 g/mol. The Labute approximate surface area is 187 Å². The molecule has 0 saturated carbocycles. The molecule has 0 bridgehead atoms. The van der Waals surface area contributed by atoms with Gasteiger partial charge in [0.05, 0.1) is 36.1 Å². The first-order valence-electron chi connectivity index (χ1n) is 9.41. The van der Waals surface area contributed by atoms with Crippen molar-refractivity contribution in [3.05, 3.63) is 88.0 Å². The quantitative estimate of drug-likeness (QED) is 0.295. The molecule has 11 heteroatoms. The van der Waals surface area contributed by atoms with Gasteiger partial charge in [0.2, 0.25) is 0 Å². The van der Waals surface area contributed by atoms with Gasteiger partial charge in [-0.1, -0.05) is 0 Å². The molecule has 0 radical (unpaired) electrons. The van der Waals surface area contributed by atoms with E-state index in [-0.39, 0.29) is 16.8 Å². The van der Waals surface area contributed by atoms with E-state index in [1.54, 1.807) is 36.4 Å². The maximum atomic E-state index is 12.3. The van der Waals surface area contributed by atoms with Crippen LogP contribution in [0.15, 0.2) is 77.0 Å². The van der Waals surface area contributed by atoms with E-state index in [2.05, 4.69) is 15.7 Å². The number of non-ortho nitro benzene ring substituents is 1. The van der Waals surface area contributed by atoms with Gasteiger partial charge in [0.15, 0.2) is 11.5 Å². The molecule has 168 valence electrons. The van der Waals surface area contributed by atoms with Gasteiger partial charge in [0, 0.05) is 17.7 Å². The molecule has 0 atom stereocenters. The summed E-state index contributed by atoms with van der Waals surface area (Å²) in [5.74, 6) is -0.384. The second-order valence-electron chi connectivity index (χ2n) is 6.42. The van der Waals surface area contributed by atoms with Gasteiger partial charge < -0.3 is 14.3 Å². The number of hydrogen-bond acceptors (Lipinski definition) is 9. The summed E-state index contributed by atoms with van der Waals surface area (Å²) < 4.78 is 10.3. The van der Waals surface area contributed by atoms with Crippen molar-refractivity contribution in [2.75, 3.05) is 19.7 Å². The molecule has 0 aliphatic heterocycles. The number of amides is 1. The fraction of sp³-hybridized carbons (Fsp3) is 0.0909. The number of hydrogen-bond donors (Lipinski definition) is 1. The fourth-order valence-electron chi connectivity index (χ4n) is 2.61. The molecule has 1 N–H and O–H groups in total. The molecule has 3 aromatic carbocycles. The van der Waals surface area contributed by atoms with E-state index in [4.69, 9.17) is 14.3 Å². The summed E-state index contributed by atoms with van der Waals surface area (Å²) in [4.78, 5) is 39.3. The first kappa shape index (κ1) is 22.9. The Morgan fingerprint density at radius 2 is 1.52 bits per heavy atom. The van der Waals surface area contributed by atoms with Crippen LogP contribution in [-0.2, 0) is 4.84 Å². The van der Waals surface area contributed by atoms with Gasteiger partial charge in [-0.2, -0.15) is 0 Å². The molecular weight excluding hydrogens is 432 g/mol. The topological polar surface area (TPSA) is 142 Å². The minimum Gasteiger partial charge on any atom is -0.493 e. The van der Waals surface area contributed by atoms with Crippen LogP contribution >= 0.6 is 0 Å². The lowest BCUT2D eigenvalue weighted by Crippen LogP contribution is -2.10. The fourth-order valence-corrected chi connectivity index (χ4v) is 2.61. The largest absolute Gasteiger partial charge is 0.493 e. The normalized spacial score (nSPS) is 10.5. The summed E-state index contributed by atoms with van der Waals surface area (Å²) >= 11 is 0. The van der Waals surface area contributed by atoms with Crippen molar-refractivity contribution in [3.8, 4) is 11.5 Å². The number of nitro benzene ring substituents is 1. The van der Waals surface area contributed by atoms with Gasteiger partial charge in [0.1, 0.15) is 0 Å². The van der Waals surface area contributed by atoms with E-state index < -0.39 is 16.8 Å². The van der Waals surface area contributed by atoms with E-state index in [1.165, 1.54) is 44.6 Å². The van der Waals surface area contributed by atoms with E-state index >= 15 is 0 Å². The molecule has 0 fully saturated rings. The molecule has 3 aromatic rings. The van der Waals surface area contributed by atoms with Crippen molar-refractivity contribution in [1.82, 2.24) is 0 Å². The number of nitrogens with zero attached hydrogens (tertiary/aromatic N) is 3. The van der Waals surface area contributed by atoms with Gasteiger partial charge in [0.25, 0.3) is 11.6 Å². The van der Waals surface area contributed by atoms with E-state index in [0.717, 1.165) is 0 Å². The van der Waals surface area contributed by atoms with Crippen LogP contribution in [0.5, 0.6) is 11.5 Å². The van der Waals surface area contributed by atoms with Crippen molar-refractivity contribution >= 4 is 28.9 Å². The maximum absolute atomic E-state index is 12.3. The third-order valence-corrected chi connectivity index (χ3v) is 4.33. The summed E-state index contributed by atoms with van der Waals surface area (Å²) in [7, 11) is 2.96. The maximum Gasteiger partial charge on any atom is 0.362 e. The van der Waals surface area contributed by atoms with Crippen LogP contribution in [0, 0.1) is 10.1 Å². The molecule has 0 unspecified atom stereocenters. The highest BCUT2D eigenvalue weighted by atomic mass is 16.7. The van der Waals surface area contributed by atoms with Gasteiger partial charge in [-0.3, -0.25) is 14.9 Å². The molecule has 1 amide bonds. The lowest BCUT2D eigenvalue weighted by molar-refractivity contribution is -0.384. The van der Waals surface area contributed by atoms with E-state index in [9.17, 15) is 19.7 Å². The van der Waals surface area contributed by atoms with Crippen LogP contribution in [-0.4, -0.2) is 31.0 Å². The number of anilines is 1. The molecule has 0 heterocycles. The van der Waals surface area contributed by atoms with Gasteiger partial charge in [-0.15, -0.1) is 10.2 Å². The number of carbonyl (C=O) groups is 2. The average Bonchev–Trinajstić information content (AvgIpc) is 2.85. The Balaban J connectivity index is 1.57. The second kappa shape index (κ2) is 10.5. The van der Waals surface area contributed by atoms with Crippen LogP contribution in [0.2, 0.25) is 0 Å². The zero-order chi connectivity index (χ0) is 23.8. The molecule has 3 rings (SSSR count). The number of nitro groups is 1. The molecule has 0 aliphatic rings. The number of rotatable bonds is 8. The highest BCUT2D eigenvalue weighted by Crippen LogP contribution is 2.28. The van der Waals surface area contributed by atoms with Crippen LogP contribution in [0.4, 0.5) is 17.1 Å². The molecular formula is C22H18N4O7. The van der Waals surface area contributed by atoms with Gasteiger partial charge in [-0.25, -0.2) is 10.3 Å². The van der Waals surface area contributed by atoms with Gasteiger partial charge >= 0.3 is 5.97 Å².